The van der Waals surface area contributed by atoms with Crippen molar-refractivity contribution in [3.8, 4) is 0 Å². The minimum atomic E-state index is -0.146. The molecule has 1 saturated heterocycles. The average Bonchev–Trinajstić information content (AvgIpc) is 3.22. The summed E-state index contributed by atoms with van der Waals surface area (Å²) in [5, 5.41) is 0.945. The standard InChI is InChI=1S/C18H26BrNO2/c1-5-14-12(10-19)6-7-13-11-20(9-8-15(13)14)16-17(21-16)22-18(2,3)4/h6-7,16-17H,5,8-11H2,1-4H3. The highest BCUT2D eigenvalue weighted by atomic mass is 79.9. The number of halogens is 1. The van der Waals surface area contributed by atoms with Crippen LogP contribution in [-0.2, 0) is 34.2 Å². The lowest BCUT2D eigenvalue weighted by atomic mass is 9.90. The molecule has 2 unspecified atom stereocenters. The molecule has 0 saturated carbocycles. The molecule has 4 heteroatoms. The van der Waals surface area contributed by atoms with Crippen LogP contribution in [-0.4, -0.2) is 29.6 Å². The second kappa shape index (κ2) is 6.23. The van der Waals surface area contributed by atoms with Gasteiger partial charge in [0.15, 0.2) is 12.5 Å². The van der Waals surface area contributed by atoms with Crippen molar-refractivity contribution in [3.63, 3.8) is 0 Å². The van der Waals surface area contributed by atoms with E-state index in [1.54, 1.807) is 5.56 Å². The average molecular weight is 368 g/mol. The summed E-state index contributed by atoms with van der Waals surface area (Å²) in [6.07, 6.45) is 2.30. The molecule has 0 N–H and O–H groups in total. The molecule has 0 amide bonds. The molecule has 0 aromatic heterocycles. The molecule has 1 fully saturated rings. The van der Waals surface area contributed by atoms with E-state index >= 15 is 0 Å². The van der Waals surface area contributed by atoms with Crippen molar-refractivity contribution in [1.82, 2.24) is 4.90 Å². The minimum absolute atomic E-state index is 0.0611. The molecule has 2 aliphatic heterocycles. The van der Waals surface area contributed by atoms with Crippen molar-refractivity contribution in [2.75, 3.05) is 6.54 Å². The molecule has 3 rings (SSSR count). The summed E-state index contributed by atoms with van der Waals surface area (Å²) in [7, 11) is 0. The Morgan fingerprint density at radius 3 is 2.77 bits per heavy atom. The molecule has 22 heavy (non-hydrogen) atoms. The lowest BCUT2D eigenvalue weighted by Crippen LogP contribution is -2.36. The van der Waals surface area contributed by atoms with Crippen molar-refractivity contribution < 1.29 is 9.47 Å². The highest BCUT2D eigenvalue weighted by molar-refractivity contribution is 9.08. The van der Waals surface area contributed by atoms with Gasteiger partial charge in [0, 0.05) is 18.4 Å². The first-order valence-electron chi connectivity index (χ1n) is 8.18. The van der Waals surface area contributed by atoms with Gasteiger partial charge in [-0.3, -0.25) is 4.90 Å². The number of alkyl halides is 1. The second-order valence-electron chi connectivity index (χ2n) is 7.17. The second-order valence-corrected chi connectivity index (χ2v) is 7.73. The van der Waals surface area contributed by atoms with Gasteiger partial charge >= 0.3 is 0 Å². The third-order valence-corrected chi connectivity index (χ3v) is 5.01. The summed E-state index contributed by atoms with van der Waals surface area (Å²) in [5.41, 5.74) is 5.84. The molecule has 3 nitrogen and oxygen atoms in total. The van der Waals surface area contributed by atoms with Gasteiger partial charge in [-0.1, -0.05) is 35.0 Å². The lowest BCUT2D eigenvalue weighted by molar-refractivity contribution is -0.0578. The Kier molecular flexibility index (Phi) is 4.66. The van der Waals surface area contributed by atoms with Crippen molar-refractivity contribution in [1.29, 1.82) is 0 Å². The summed E-state index contributed by atoms with van der Waals surface area (Å²) in [4.78, 5) is 2.41. The highest BCUT2D eigenvalue weighted by Crippen LogP contribution is 2.35. The van der Waals surface area contributed by atoms with Gasteiger partial charge in [-0.05, 0) is 55.9 Å². The van der Waals surface area contributed by atoms with Crippen molar-refractivity contribution in [2.24, 2.45) is 0 Å². The Bertz CT molecular complexity index is 553. The summed E-state index contributed by atoms with van der Waals surface area (Å²) < 4.78 is 11.7. The number of ether oxygens (including phenoxy) is 2. The molecular formula is C18H26BrNO2. The maximum absolute atomic E-state index is 5.91. The molecule has 0 aliphatic carbocycles. The van der Waals surface area contributed by atoms with Gasteiger partial charge in [-0.15, -0.1) is 0 Å². The fourth-order valence-corrected chi connectivity index (χ4v) is 3.90. The smallest absolute Gasteiger partial charge is 0.200 e. The Labute approximate surface area is 142 Å². The Hall–Kier alpha value is -0.420. The summed E-state index contributed by atoms with van der Waals surface area (Å²) in [6.45, 7) is 10.5. The number of epoxide rings is 1. The van der Waals surface area contributed by atoms with Gasteiger partial charge in [-0.2, -0.15) is 0 Å². The zero-order chi connectivity index (χ0) is 15.9. The summed E-state index contributed by atoms with van der Waals surface area (Å²) >= 11 is 3.61. The summed E-state index contributed by atoms with van der Waals surface area (Å²) in [5.74, 6) is 0. The largest absolute Gasteiger partial charge is 0.343 e. The highest BCUT2D eigenvalue weighted by Gasteiger charge is 2.47. The first-order chi connectivity index (χ1) is 10.4. The van der Waals surface area contributed by atoms with Crippen LogP contribution in [0.4, 0.5) is 0 Å². The van der Waals surface area contributed by atoms with Crippen LogP contribution in [0.25, 0.3) is 0 Å². The normalized spacial score (nSPS) is 25.1. The SMILES string of the molecule is CCc1c(CBr)ccc2c1CCN(C1OC1OC(C)(C)C)C2. The predicted octanol–water partition coefficient (Wildman–Crippen LogP) is 4.00. The molecule has 0 spiro atoms. The van der Waals surface area contributed by atoms with Crippen LogP contribution in [0.2, 0.25) is 0 Å². The Morgan fingerprint density at radius 2 is 2.14 bits per heavy atom. The van der Waals surface area contributed by atoms with E-state index in [0.29, 0.717) is 0 Å². The lowest BCUT2D eigenvalue weighted by Gasteiger charge is -2.30. The van der Waals surface area contributed by atoms with Crippen LogP contribution in [0.15, 0.2) is 12.1 Å². The van der Waals surface area contributed by atoms with Crippen LogP contribution < -0.4 is 0 Å². The van der Waals surface area contributed by atoms with Gasteiger partial charge in [0.1, 0.15) is 0 Å². The maximum Gasteiger partial charge on any atom is 0.200 e. The van der Waals surface area contributed by atoms with Crippen LogP contribution >= 0.6 is 15.9 Å². The molecule has 122 valence electrons. The first kappa shape index (κ1) is 16.4. The van der Waals surface area contributed by atoms with Gasteiger partial charge in [0.25, 0.3) is 0 Å². The molecular weight excluding hydrogens is 342 g/mol. The van der Waals surface area contributed by atoms with Gasteiger partial charge in [-0.25, -0.2) is 0 Å². The number of hydrogen-bond donors (Lipinski definition) is 0. The zero-order valence-electron chi connectivity index (χ0n) is 14.0. The Morgan fingerprint density at radius 1 is 1.36 bits per heavy atom. The number of hydrogen-bond acceptors (Lipinski definition) is 3. The van der Waals surface area contributed by atoms with E-state index in [1.165, 1.54) is 16.7 Å². The van der Waals surface area contributed by atoms with E-state index in [9.17, 15) is 0 Å². The fraction of sp³-hybridized carbons (Fsp3) is 0.667. The van der Waals surface area contributed by atoms with Crippen molar-refractivity contribution >= 4 is 15.9 Å². The van der Waals surface area contributed by atoms with Crippen molar-refractivity contribution in [2.45, 2.75) is 70.5 Å². The van der Waals surface area contributed by atoms with Crippen LogP contribution in [0.5, 0.6) is 0 Å². The van der Waals surface area contributed by atoms with E-state index in [-0.39, 0.29) is 18.1 Å². The first-order valence-corrected chi connectivity index (χ1v) is 9.31. The maximum atomic E-state index is 5.91. The Balaban J connectivity index is 1.71. The third kappa shape index (κ3) is 3.40. The van der Waals surface area contributed by atoms with Crippen LogP contribution in [0, 0.1) is 0 Å². The molecule has 1 aromatic carbocycles. The molecule has 0 bridgehead atoms. The van der Waals surface area contributed by atoms with E-state index in [4.69, 9.17) is 9.47 Å². The minimum Gasteiger partial charge on any atom is -0.343 e. The predicted molar refractivity (Wildman–Crippen MR) is 92.1 cm³/mol. The molecule has 2 atom stereocenters. The quantitative estimate of drug-likeness (QED) is 0.593. The van der Waals surface area contributed by atoms with E-state index in [1.807, 2.05) is 0 Å². The molecule has 2 aliphatic rings. The zero-order valence-corrected chi connectivity index (χ0v) is 15.6. The van der Waals surface area contributed by atoms with E-state index in [2.05, 4.69) is 60.7 Å². The van der Waals surface area contributed by atoms with Gasteiger partial charge < -0.3 is 9.47 Å². The topological polar surface area (TPSA) is 25.0 Å². The monoisotopic (exact) mass is 367 g/mol. The molecule has 0 radical (unpaired) electrons. The number of fused-ring (bicyclic) bond motifs is 1. The summed E-state index contributed by atoms with van der Waals surface area (Å²) in [6, 6.07) is 4.56. The third-order valence-electron chi connectivity index (χ3n) is 4.40. The van der Waals surface area contributed by atoms with Crippen LogP contribution in [0.3, 0.4) is 0 Å². The molecule has 1 aromatic rings. The van der Waals surface area contributed by atoms with Gasteiger partial charge in [0.2, 0.25) is 0 Å². The van der Waals surface area contributed by atoms with Gasteiger partial charge in [0.05, 0.1) is 5.60 Å². The van der Waals surface area contributed by atoms with E-state index < -0.39 is 0 Å². The van der Waals surface area contributed by atoms with E-state index in [0.717, 1.165) is 31.3 Å². The number of rotatable bonds is 4. The van der Waals surface area contributed by atoms with Crippen LogP contribution in [0.1, 0.15) is 49.9 Å². The fourth-order valence-electron chi connectivity index (χ4n) is 3.37. The number of nitrogens with zero attached hydrogens (tertiary/aromatic N) is 1. The number of benzene rings is 1. The van der Waals surface area contributed by atoms with Crippen molar-refractivity contribution in [3.05, 3.63) is 34.4 Å². The molecule has 2 heterocycles.